The van der Waals surface area contributed by atoms with Crippen LogP contribution in [0.5, 0.6) is 5.88 Å². The van der Waals surface area contributed by atoms with Crippen molar-refractivity contribution in [2.75, 3.05) is 11.4 Å². The summed E-state index contributed by atoms with van der Waals surface area (Å²) >= 11 is 0. The molecule has 9 nitrogen and oxygen atoms in total. The van der Waals surface area contributed by atoms with Crippen LogP contribution < -0.4 is 15.8 Å². The van der Waals surface area contributed by atoms with Gasteiger partial charge in [0.15, 0.2) is 5.56 Å². The fraction of sp³-hybridized carbons (Fsp3) is 0.360. The Kier molecular flexibility index (Phi) is 5.66. The summed E-state index contributed by atoms with van der Waals surface area (Å²) in [7, 11) is 0. The van der Waals surface area contributed by atoms with Crippen molar-refractivity contribution in [3.05, 3.63) is 63.3 Å². The molecule has 2 aromatic heterocycles. The Labute approximate surface area is 200 Å². The Balaban J connectivity index is 1.53. The molecule has 0 radical (unpaired) electrons. The van der Waals surface area contributed by atoms with E-state index in [9.17, 15) is 23.9 Å². The van der Waals surface area contributed by atoms with Gasteiger partial charge < -0.3 is 15.3 Å². The molecule has 1 fully saturated rings. The molecule has 2 amide bonds. The van der Waals surface area contributed by atoms with E-state index >= 15 is 0 Å². The molecule has 0 atom stereocenters. The number of nitrogens with one attached hydrogen (secondary N) is 1. The van der Waals surface area contributed by atoms with Crippen LogP contribution in [0.3, 0.4) is 0 Å². The zero-order chi connectivity index (χ0) is 24.9. The summed E-state index contributed by atoms with van der Waals surface area (Å²) in [5.74, 6) is -1.73. The number of aromatic hydroxyl groups is 1. The number of aromatic nitrogens is 3. The average Bonchev–Trinajstić information content (AvgIpc) is 3.35. The van der Waals surface area contributed by atoms with E-state index in [1.165, 1.54) is 35.0 Å². The summed E-state index contributed by atoms with van der Waals surface area (Å²) in [5, 5.41) is 17.7. The summed E-state index contributed by atoms with van der Waals surface area (Å²) < 4.78 is 16.1. The van der Waals surface area contributed by atoms with E-state index in [-0.39, 0.29) is 41.4 Å². The number of amides is 2. The lowest BCUT2D eigenvalue weighted by atomic mass is 10.1. The minimum absolute atomic E-state index is 0.0184. The first kappa shape index (κ1) is 22.8. The summed E-state index contributed by atoms with van der Waals surface area (Å²) in [6.07, 6.45) is 6.59. The number of anilines is 1. The van der Waals surface area contributed by atoms with Gasteiger partial charge >= 0.3 is 0 Å². The second kappa shape index (κ2) is 8.68. The average molecular weight is 480 g/mol. The van der Waals surface area contributed by atoms with E-state index in [0.29, 0.717) is 24.2 Å². The molecule has 2 aliphatic rings. The molecule has 1 aromatic carbocycles. The zero-order valence-electron chi connectivity index (χ0n) is 19.5. The van der Waals surface area contributed by atoms with Crippen LogP contribution in [0.25, 0.3) is 11.7 Å². The maximum absolute atomic E-state index is 13.5. The van der Waals surface area contributed by atoms with Crippen LogP contribution in [-0.4, -0.2) is 43.7 Å². The second-order valence-electron chi connectivity index (χ2n) is 9.44. The maximum atomic E-state index is 13.5. The molecule has 3 heterocycles. The first-order chi connectivity index (χ1) is 16.7. The third kappa shape index (κ3) is 4.20. The summed E-state index contributed by atoms with van der Waals surface area (Å²) in [6, 6.07) is 4.36. The summed E-state index contributed by atoms with van der Waals surface area (Å²) in [4.78, 5) is 40.5. The monoisotopic (exact) mass is 479 g/mol. The fourth-order valence-corrected chi connectivity index (χ4v) is 4.40. The van der Waals surface area contributed by atoms with Crippen molar-refractivity contribution in [1.29, 1.82) is 0 Å². The van der Waals surface area contributed by atoms with Crippen molar-refractivity contribution in [2.24, 2.45) is 5.92 Å². The van der Waals surface area contributed by atoms with Crippen LogP contribution in [0.2, 0.25) is 0 Å². The molecule has 1 aliphatic carbocycles. The number of halogens is 1. The molecule has 2 N–H and O–H groups in total. The van der Waals surface area contributed by atoms with E-state index in [2.05, 4.69) is 10.4 Å². The van der Waals surface area contributed by atoms with Gasteiger partial charge in [0.05, 0.1) is 6.20 Å². The van der Waals surface area contributed by atoms with Crippen molar-refractivity contribution in [2.45, 2.75) is 45.7 Å². The molecule has 10 heteroatoms. The van der Waals surface area contributed by atoms with E-state index < -0.39 is 17.3 Å². The van der Waals surface area contributed by atoms with Crippen LogP contribution >= 0.6 is 0 Å². The topological polar surface area (TPSA) is 109 Å². The van der Waals surface area contributed by atoms with Crippen LogP contribution in [0.15, 0.2) is 35.3 Å². The number of rotatable bonds is 6. The van der Waals surface area contributed by atoms with Crippen LogP contribution in [0.4, 0.5) is 10.1 Å². The third-order valence-electron chi connectivity index (χ3n) is 6.21. The lowest BCUT2D eigenvalue weighted by molar-refractivity contribution is -0.114. The Hall–Kier alpha value is -3.95. The van der Waals surface area contributed by atoms with Crippen molar-refractivity contribution in [3.63, 3.8) is 0 Å². The molecule has 182 valence electrons. The molecule has 0 bridgehead atoms. The Morgan fingerprint density at radius 2 is 2.09 bits per heavy atom. The predicted molar refractivity (Wildman–Crippen MR) is 128 cm³/mol. The van der Waals surface area contributed by atoms with Crippen molar-refractivity contribution in [1.82, 2.24) is 19.5 Å². The number of fused-ring (bicyclic) bond motifs is 2. The number of carbonyl (C=O) groups is 2. The number of nitrogens with zero attached hydrogens (tertiary/aromatic N) is 4. The third-order valence-corrected chi connectivity index (χ3v) is 6.21. The highest BCUT2D eigenvalue weighted by molar-refractivity contribution is 6.05. The van der Waals surface area contributed by atoms with Gasteiger partial charge in [0.2, 0.25) is 5.88 Å². The molecule has 3 aromatic rings. The molecule has 0 saturated heterocycles. The number of hydrogen-bond donors (Lipinski definition) is 2. The Bertz CT molecular complexity index is 1430. The van der Waals surface area contributed by atoms with E-state index in [1.54, 1.807) is 11.0 Å². The highest BCUT2D eigenvalue weighted by atomic mass is 19.1. The SMILES string of the molecule is CC(C)Cn1c(=O)c(C(=O)NC2CC2)c(O)n2ncc(/C=C/C(=O)N3CCc4cc(F)ccc43)c12. The Morgan fingerprint density at radius 1 is 1.31 bits per heavy atom. The molecule has 35 heavy (non-hydrogen) atoms. The van der Waals surface area contributed by atoms with Gasteiger partial charge in [0.1, 0.15) is 11.5 Å². The van der Waals surface area contributed by atoms with Crippen molar-refractivity contribution < 1.29 is 19.1 Å². The summed E-state index contributed by atoms with van der Waals surface area (Å²) in [5.41, 5.74) is 1.22. The minimum Gasteiger partial charge on any atom is -0.492 e. The van der Waals surface area contributed by atoms with Gasteiger partial charge in [-0.3, -0.25) is 19.0 Å². The van der Waals surface area contributed by atoms with Crippen molar-refractivity contribution in [3.8, 4) is 5.88 Å². The largest absolute Gasteiger partial charge is 0.492 e. The number of benzene rings is 1. The molecule has 0 spiro atoms. The van der Waals surface area contributed by atoms with Gasteiger partial charge in [0.25, 0.3) is 17.4 Å². The Morgan fingerprint density at radius 3 is 2.80 bits per heavy atom. The lowest BCUT2D eigenvalue weighted by Gasteiger charge is -2.16. The quantitative estimate of drug-likeness (QED) is 0.528. The minimum atomic E-state index is -0.624. The van der Waals surface area contributed by atoms with Crippen LogP contribution in [-0.2, 0) is 17.8 Å². The normalized spacial score (nSPS) is 15.4. The van der Waals surface area contributed by atoms with E-state index in [1.807, 2.05) is 13.8 Å². The molecule has 1 aliphatic heterocycles. The van der Waals surface area contributed by atoms with E-state index in [4.69, 9.17) is 0 Å². The molecular weight excluding hydrogens is 453 g/mol. The van der Waals surface area contributed by atoms with Gasteiger partial charge in [-0.15, -0.1) is 0 Å². The van der Waals surface area contributed by atoms with E-state index in [0.717, 1.165) is 22.9 Å². The van der Waals surface area contributed by atoms with Crippen LogP contribution in [0, 0.1) is 11.7 Å². The molecule has 5 rings (SSSR count). The zero-order valence-corrected chi connectivity index (χ0v) is 19.5. The van der Waals surface area contributed by atoms with Crippen molar-refractivity contribution >= 4 is 29.2 Å². The lowest BCUT2D eigenvalue weighted by Crippen LogP contribution is -2.36. The first-order valence-electron chi connectivity index (χ1n) is 11.7. The maximum Gasteiger partial charge on any atom is 0.270 e. The number of carbonyl (C=O) groups excluding carboxylic acids is 2. The van der Waals surface area contributed by atoms with Gasteiger partial charge in [-0.1, -0.05) is 13.8 Å². The van der Waals surface area contributed by atoms with Gasteiger partial charge in [-0.25, -0.2) is 4.39 Å². The van der Waals surface area contributed by atoms with Crippen LogP contribution in [0.1, 0.15) is 48.2 Å². The predicted octanol–water partition coefficient (Wildman–Crippen LogP) is 2.49. The standard InChI is InChI=1S/C25H26FN5O4/c1-14(2)13-30-23-16(3-8-20(32)29-10-9-15-11-17(26)4-7-19(15)29)12-27-31(23)25(35)21(24(30)34)22(33)28-18-5-6-18/h3-4,7-8,11-12,14,18,35H,5-6,9-10,13H2,1-2H3,(H,28,33)/b8-3+. The highest BCUT2D eigenvalue weighted by Gasteiger charge is 2.30. The number of hydrogen-bond acceptors (Lipinski definition) is 5. The first-order valence-corrected chi connectivity index (χ1v) is 11.7. The second-order valence-corrected chi connectivity index (χ2v) is 9.44. The molecule has 0 unspecified atom stereocenters. The summed E-state index contributed by atoms with van der Waals surface area (Å²) in [6.45, 7) is 4.60. The van der Waals surface area contributed by atoms with Gasteiger partial charge in [0, 0.05) is 36.5 Å². The van der Waals surface area contributed by atoms with Gasteiger partial charge in [-0.05, 0) is 55.0 Å². The van der Waals surface area contributed by atoms with Gasteiger partial charge in [-0.2, -0.15) is 9.61 Å². The molecular formula is C25H26FN5O4. The molecule has 1 saturated carbocycles. The fourth-order valence-electron chi connectivity index (χ4n) is 4.40. The highest BCUT2D eigenvalue weighted by Crippen LogP contribution is 2.29. The smallest absolute Gasteiger partial charge is 0.270 e.